The number of benzene rings is 1. The molecule has 0 spiro atoms. The molecule has 5 nitrogen and oxygen atoms in total. The molecule has 0 radical (unpaired) electrons. The highest BCUT2D eigenvalue weighted by Gasteiger charge is 2.12. The topological polar surface area (TPSA) is 57.6 Å². The number of hydrogen-bond donors (Lipinski definition) is 1. The van der Waals surface area contributed by atoms with Gasteiger partial charge in [-0.05, 0) is 42.6 Å². The van der Waals surface area contributed by atoms with Gasteiger partial charge in [-0.3, -0.25) is 0 Å². The third-order valence-corrected chi connectivity index (χ3v) is 4.44. The van der Waals surface area contributed by atoms with Crippen molar-refractivity contribution >= 4 is 12.2 Å². The predicted molar refractivity (Wildman–Crippen MR) is 109 cm³/mol. The number of nitrogens with zero attached hydrogens (tertiary/aromatic N) is 1. The second kappa shape index (κ2) is 11.2. The van der Waals surface area contributed by atoms with Gasteiger partial charge in [0.2, 0.25) is 5.75 Å². The number of hydrogen-bond acceptors (Lipinski definition) is 4. The first kappa shape index (κ1) is 20.8. The van der Waals surface area contributed by atoms with Crippen molar-refractivity contribution in [2.45, 2.75) is 32.2 Å². The molecule has 0 fully saturated rings. The lowest BCUT2D eigenvalue weighted by Gasteiger charge is -2.12. The molecule has 0 bridgehead atoms. The predicted octanol–water partition coefficient (Wildman–Crippen LogP) is 3.69. The maximum atomic E-state index is 5.52. The summed E-state index contributed by atoms with van der Waals surface area (Å²) < 4.78 is 18.4. The van der Waals surface area contributed by atoms with Gasteiger partial charge < -0.3 is 19.9 Å². The van der Waals surface area contributed by atoms with E-state index in [4.69, 9.17) is 19.9 Å². The number of aryl methyl sites for hydroxylation is 1. The van der Waals surface area contributed by atoms with Gasteiger partial charge >= 0.3 is 0 Å². The zero-order valence-corrected chi connectivity index (χ0v) is 16.6. The van der Waals surface area contributed by atoms with E-state index in [0.29, 0.717) is 17.2 Å². The highest BCUT2D eigenvalue weighted by molar-refractivity contribution is 5.72. The van der Waals surface area contributed by atoms with E-state index in [1.165, 1.54) is 19.3 Å². The number of nitrogens with two attached hydrogens (primary N) is 1. The molecule has 0 atom stereocenters. The fourth-order valence-electron chi connectivity index (χ4n) is 2.91. The van der Waals surface area contributed by atoms with E-state index < -0.39 is 0 Å². The Labute approximate surface area is 162 Å². The van der Waals surface area contributed by atoms with Crippen molar-refractivity contribution in [2.75, 3.05) is 27.9 Å². The number of pyridine rings is 1. The summed E-state index contributed by atoms with van der Waals surface area (Å²) in [5, 5.41) is 0. The standard InChI is InChI=1S/C22H31N2O3/c1-25-20-16-19(17-21(26-2)22(20)27-3)9-8-18-10-14-24(15-11-18)13-7-5-4-6-12-23/h8-11,14-17H,4-7,12-13,23H2,1-3H3/q+1/b9-8+. The Morgan fingerprint density at radius 3 is 1.96 bits per heavy atom. The van der Waals surface area contributed by atoms with E-state index in [-0.39, 0.29) is 0 Å². The number of methoxy groups -OCH3 is 3. The normalized spacial score (nSPS) is 11.0. The molecule has 27 heavy (non-hydrogen) atoms. The molecule has 2 N–H and O–H groups in total. The van der Waals surface area contributed by atoms with Gasteiger partial charge in [-0.15, -0.1) is 0 Å². The van der Waals surface area contributed by atoms with Gasteiger partial charge in [-0.1, -0.05) is 18.6 Å². The molecule has 2 aromatic rings. The zero-order valence-electron chi connectivity index (χ0n) is 16.6. The first-order chi connectivity index (χ1) is 13.2. The van der Waals surface area contributed by atoms with Gasteiger partial charge in [-0.25, -0.2) is 4.57 Å². The van der Waals surface area contributed by atoms with E-state index in [1.807, 2.05) is 18.2 Å². The minimum absolute atomic E-state index is 0.601. The van der Waals surface area contributed by atoms with Crippen LogP contribution in [0, 0.1) is 0 Å². The largest absolute Gasteiger partial charge is 0.493 e. The van der Waals surface area contributed by atoms with Gasteiger partial charge in [0.1, 0.15) is 6.54 Å². The maximum Gasteiger partial charge on any atom is 0.203 e. The fourth-order valence-corrected chi connectivity index (χ4v) is 2.91. The molecule has 0 saturated heterocycles. The van der Waals surface area contributed by atoms with Crippen LogP contribution in [0.3, 0.4) is 0 Å². The molecule has 2 rings (SSSR count). The minimum Gasteiger partial charge on any atom is -0.493 e. The van der Waals surface area contributed by atoms with Crippen molar-refractivity contribution < 1.29 is 18.8 Å². The SMILES string of the molecule is COc1cc(/C=C/c2cc[n+](CCCCCCN)cc2)cc(OC)c1OC. The minimum atomic E-state index is 0.601. The number of unbranched alkanes of at least 4 members (excludes halogenated alkanes) is 3. The Hall–Kier alpha value is -2.53. The van der Waals surface area contributed by atoms with Crippen LogP contribution in [0.5, 0.6) is 17.2 Å². The van der Waals surface area contributed by atoms with E-state index >= 15 is 0 Å². The van der Waals surface area contributed by atoms with Crippen molar-refractivity contribution in [3.05, 3.63) is 47.8 Å². The Bertz CT molecular complexity index is 702. The van der Waals surface area contributed by atoms with E-state index in [1.54, 1.807) is 21.3 Å². The summed E-state index contributed by atoms with van der Waals surface area (Å²) in [6, 6.07) is 8.10. The van der Waals surface area contributed by atoms with Gasteiger partial charge in [0.25, 0.3) is 0 Å². The summed E-state index contributed by atoms with van der Waals surface area (Å²) >= 11 is 0. The van der Waals surface area contributed by atoms with Gasteiger partial charge in [0, 0.05) is 18.6 Å². The lowest BCUT2D eigenvalue weighted by atomic mass is 10.1. The molecule has 0 aliphatic heterocycles. The molecule has 146 valence electrons. The molecule has 5 heteroatoms. The van der Waals surface area contributed by atoms with Crippen molar-refractivity contribution in [3.63, 3.8) is 0 Å². The van der Waals surface area contributed by atoms with E-state index in [9.17, 15) is 0 Å². The third-order valence-electron chi connectivity index (χ3n) is 4.44. The Morgan fingerprint density at radius 1 is 0.815 bits per heavy atom. The first-order valence-electron chi connectivity index (χ1n) is 9.39. The lowest BCUT2D eigenvalue weighted by molar-refractivity contribution is -0.697. The molecule has 0 amide bonds. The number of ether oxygens (including phenoxy) is 3. The third kappa shape index (κ3) is 6.29. The molecule has 1 aromatic carbocycles. The molecule has 0 aliphatic rings. The molecule has 0 saturated carbocycles. The summed E-state index contributed by atoms with van der Waals surface area (Å²) in [6.45, 7) is 1.83. The summed E-state index contributed by atoms with van der Waals surface area (Å²) in [7, 11) is 4.85. The van der Waals surface area contributed by atoms with Crippen LogP contribution in [0.4, 0.5) is 0 Å². The Morgan fingerprint density at radius 2 is 1.41 bits per heavy atom. The molecule has 0 unspecified atom stereocenters. The van der Waals surface area contributed by atoms with Crippen molar-refractivity contribution in [2.24, 2.45) is 5.73 Å². The Balaban J connectivity index is 2.01. The first-order valence-corrected chi connectivity index (χ1v) is 9.39. The lowest BCUT2D eigenvalue weighted by Crippen LogP contribution is -2.32. The average molecular weight is 372 g/mol. The van der Waals surface area contributed by atoms with Gasteiger partial charge in [-0.2, -0.15) is 0 Å². The average Bonchev–Trinajstić information content (AvgIpc) is 2.72. The highest BCUT2D eigenvalue weighted by Crippen LogP contribution is 2.38. The van der Waals surface area contributed by atoms with Crippen LogP contribution < -0.4 is 24.5 Å². The summed E-state index contributed by atoms with van der Waals surface area (Å²) in [5.41, 5.74) is 7.65. The van der Waals surface area contributed by atoms with Crippen LogP contribution in [-0.2, 0) is 6.54 Å². The smallest absolute Gasteiger partial charge is 0.203 e. The van der Waals surface area contributed by atoms with Crippen molar-refractivity contribution in [1.82, 2.24) is 0 Å². The molecular formula is C22H31N2O3+. The van der Waals surface area contributed by atoms with Crippen molar-refractivity contribution in [3.8, 4) is 17.2 Å². The summed E-state index contributed by atoms with van der Waals surface area (Å²) in [6.07, 6.45) is 13.1. The molecule has 1 heterocycles. The van der Waals surface area contributed by atoms with Crippen LogP contribution in [0.25, 0.3) is 12.2 Å². The van der Waals surface area contributed by atoms with Crippen LogP contribution in [0.15, 0.2) is 36.7 Å². The number of rotatable bonds is 11. The quantitative estimate of drug-likeness (QED) is 0.483. The van der Waals surface area contributed by atoms with Crippen molar-refractivity contribution in [1.29, 1.82) is 0 Å². The van der Waals surface area contributed by atoms with Gasteiger partial charge in [0.05, 0.1) is 21.3 Å². The Kier molecular flexibility index (Phi) is 8.65. The molecule has 0 aliphatic carbocycles. The van der Waals surface area contributed by atoms with Gasteiger partial charge in [0.15, 0.2) is 23.9 Å². The van der Waals surface area contributed by atoms with Crippen LogP contribution >= 0.6 is 0 Å². The number of aromatic nitrogens is 1. The molecular weight excluding hydrogens is 340 g/mol. The second-order valence-corrected chi connectivity index (χ2v) is 6.36. The monoisotopic (exact) mass is 371 g/mol. The maximum absolute atomic E-state index is 5.52. The molecule has 1 aromatic heterocycles. The van der Waals surface area contributed by atoms with Crippen LogP contribution in [0.2, 0.25) is 0 Å². The summed E-state index contributed by atoms with van der Waals surface area (Å²) in [5.74, 6) is 1.90. The fraction of sp³-hybridized carbons (Fsp3) is 0.409. The highest BCUT2D eigenvalue weighted by atomic mass is 16.5. The zero-order chi connectivity index (χ0) is 19.5. The second-order valence-electron chi connectivity index (χ2n) is 6.36. The van der Waals surface area contributed by atoms with E-state index in [2.05, 4.69) is 35.2 Å². The summed E-state index contributed by atoms with van der Waals surface area (Å²) in [4.78, 5) is 0. The van der Waals surface area contributed by atoms with Crippen LogP contribution in [0.1, 0.15) is 36.8 Å². The van der Waals surface area contributed by atoms with E-state index in [0.717, 1.165) is 30.6 Å². The van der Waals surface area contributed by atoms with Crippen LogP contribution in [-0.4, -0.2) is 27.9 Å².